The summed E-state index contributed by atoms with van der Waals surface area (Å²) >= 11 is 0. The molecule has 20 heavy (non-hydrogen) atoms. The summed E-state index contributed by atoms with van der Waals surface area (Å²) in [7, 11) is 1.51. The number of aromatic nitrogens is 1. The Morgan fingerprint density at radius 1 is 1.50 bits per heavy atom. The van der Waals surface area contributed by atoms with Crippen LogP contribution in [0.3, 0.4) is 0 Å². The summed E-state index contributed by atoms with van der Waals surface area (Å²) < 4.78 is 5.25. The van der Waals surface area contributed by atoms with Gasteiger partial charge in [0.15, 0.2) is 5.78 Å². The summed E-state index contributed by atoms with van der Waals surface area (Å²) in [6.07, 6.45) is 0. The number of pyridine rings is 1. The van der Waals surface area contributed by atoms with Crippen molar-refractivity contribution in [3.63, 3.8) is 0 Å². The van der Waals surface area contributed by atoms with E-state index >= 15 is 0 Å². The molecule has 2 aromatic rings. The van der Waals surface area contributed by atoms with Crippen molar-refractivity contribution in [1.29, 1.82) is 0 Å². The molecule has 7 heteroatoms. The molecule has 102 valence electrons. The van der Waals surface area contributed by atoms with Crippen molar-refractivity contribution >= 4 is 28.3 Å². The first-order valence-corrected chi connectivity index (χ1v) is 5.95. The number of nitrogens with one attached hydrogen (secondary N) is 2. The van der Waals surface area contributed by atoms with Crippen LogP contribution in [0.1, 0.15) is 20.8 Å². The van der Waals surface area contributed by atoms with Crippen molar-refractivity contribution in [2.24, 2.45) is 5.84 Å². The standard InChI is InChI=1S/C13H12N4O3/c1-20-10-3-2-6-9(18)5-15-7-4-8(13(19)17-14)16-12(10)11(6)7/h2-4,15H,5,14H2,1H3,(H,17,19). The molecule has 0 saturated heterocycles. The van der Waals surface area contributed by atoms with Crippen molar-refractivity contribution in [2.45, 2.75) is 0 Å². The second-order valence-corrected chi connectivity index (χ2v) is 4.34. The SMILES string of the molecule is COc1ccc2c3c(cc(C(=O)NN)nc13)NCC2=O. The zero-order chi connectivity index (χ0) is 14.3. The van der Waals surface area contributed by atoms with Crippen LogP contribution in [0.4, 0.5) is 5.69 Å². The number of methoxy groups -OCH3 is 1. The van der Waals surface area contributed by atoms with Gasteiger partial charge in [-0.15, -0.1) is 0 Å². The number of ketones is 1. The Balaban J connectivity index is 2.38. The largest absolute Gasteiger partial charge is 0.494 e. The highest BCUT2D eigenvalue weighted by Gasteiger charge is 2.23. The van der Waals surface area contributed by atoms with E-state index in [0.717, 1.165) is 0 Å². The normalized spacial score (nSPS) is 13.0. The molecule has 1 aliphatic heterocycles. The molecule has 0 fully saturated rings. The molecular formula is C13H12N4O3. The number of carbonyl (C=O) groups excluding carboxylic acids is 2. The molecule has 0 saturated carbocycles. The molecule has 1 aliphatic rings. The Morgan fingerprint density at radius 3 is 3.00 bits per heavy atom. The number of nitrogen functional groups attached to an aromatic ring is 1. The fourth-order valence-electron chi connectivity index (χ4n) is 2.31. The van der Waals surface area contributed by atoms with E-state index in [4.69, 9.17) is 10.6 Å². The molecule has 0 unspecified atom stereocenters. The molecule has 0 radical (unpaired) electrons. The topological polar surface area (TPSA) is 106 Å². The zero-order valence-electron chi connectivity index (χ0n) is 10.7. The van der Waals surface area contributed by atoms with Gasteiger partial charge in [-0.05, 0) is 18.2 Å². The second-order valence-electron chi connectivity index (χ2n) is 4.34. The van der Waals surface area contributed by atoms with E-state index in [0.29, 0.717) is 27.9 Å². The number of benzene rings is 1. The summed E-state index contributed by atoms with van der Waals surface area (Å²) in [6.45, 7) is 0.183. The predicted octanol–water partition coefficient (Wildman–Crippen LogP) is 0.455. The van der Waals surface area contributed by atoms with Gasteiger partial charge >= 0.3 is 0 Å². The van der Waals surface area contributed by atoms with E-state index in [1.165, 1.54) is 7.11 Å². The average molecular weight is 272 g/mol. The van der Waals surface area contributed by atoms with Crippen LogP contribution >= 0.6 is 0 Å². The lowest BCUT2D eigenvalue weighted by Crippen LogP contribution is -2.31. The first-order chi connectivity index (χ1) is 9.65. The smallest absolute Gasteiger partial charge is 0.283 e. The van der Waals surface area contributed by atoms with E-state index in [9.17, 15) is 9.59 Å². The third-order valence-electron chi connectivity index (χ3n) is 3.25. The second kappa shape index (κ2) is 4.46. The lowest BCUT2D eigenvalue weighted by atomic mass is 9.98. The molecule has 1 aromatic heterocycles. The summed E-state index contributed by atoms with van der Waals surface area (Å²) in [5.74, 6) is 5.09. The summed E-state index contributed by atoms with van der Waals surface area (Å²) in [6, 6.07) is 4.94. The van der Waals surface area contributed by atoms with Crippen molar-refractivity contribution in [3.8, 4) is 5.75 Å². The Labute approximate surface area is 114 Å². The highest BCUT2D eigenvalue weighted by atomic mass is 16.5. The van der Waals surface area contributed by atoms with Crippen LogP contribution in [-0.2, 0) is 0 Å². The molecule has 2 heterocycles. The number of nitrogens with two attached hydrogens (primary N) is 1. The maximum atomic E-state index is 11.9. The Hall–Kier alpha value is -2.67. The number of anilines is 1. The third kappa shape index (κ3) is 1.68. The molecule has 0 spiro atoms. The number of ether oxygens (including phenoxy) is 1. The third-order valence-corrected chi connectivity index (χ3v) is 3.25. The maximum absolute atomic E-state index is 11.9. The van der Waals surface area contributed by atoms with Crippen LogP contribution in [0.5, 0.6) is 5.75 Å². The van der Waals surface area contributed by atoms with E-state index in [1.807, 2.05) is 5.43 Å². The van der Waals surface area contributed by atoms with Crippen molar-refractivity contribution in [3.05, 3.63) is 29.5 Å². The van der Waals surface area contributed by atoms with Gasteiger partial charge in [0.05, 0.1) is 13.7 Å². The summed E-state index contributed by atoms with van der Waals surface area (Å²) in [5, 5.41) is 3.64. The quantitative estimate of drug-likeness (QED) is 0.416. The van der Waals surface area contributed by atoms with Gasteiger partial charge in [0.25, 0.3) is 5.91 Å². The van der Waals surface area contributed by atoms with Crippen molar-refractivity contribution in [2.75, 3.05) is 19.0 Å². The number of Topliss-reactive ketones (excluding diaryl/α,β-unsaturated/α-hetero) is 1. The molecule has 0 aliphatic carbocycles. The molecule has 4 N–H and O–H groups in total. The van der Waals surface area contributed by atoms with E-state index in [1.54, 1.807) is 18.2 Å². The van der Waals surface area contributed by atoms with Crippen molar-refractivity contribution in [1.82, 2.24) is 10.4 Å². The first-order valence-electron chi connectivity index (χ1n) is 5.95. The van der Waals surface area contributed by atoms with Gasteiger partial charge < -0.3 is 10.1 Å². The van der Waals surface area contributed by atoms with Gasteiger partial charge in [0.2, 0.25) is 0 Å². The van der Waals surface area contributed by atoms with Crippen molar-refractivity contribution < 1.29 is 14.3 Å². The molecule has 1 amide bonds. The number of nitrogens with zero attached hydrogens (tertiary/aromatic N) is 1. The number of hydrogen-bond acceptors (Lipinski definition) is 6. The molecule has 1 aromatic carbocycles. The highest BCUT2D eigenvalue weighted by Crippen LogP contribution is 2.35. The van der Waals surface area contributed by atoms with Gasteiger partial charge in [-0.3, -0.25) is 15.0 Å². The maximum Gasteiger partial charge on any atom is 0.283 e. The zero-order valence-corrected chi connectivity index (χ0v) is 10.7. The fourth-order valence-corrected chi connectivity index (χ4v) is 2.31. The van der Waals surface area contributed by atoms with Crippen LogP contribution in [0, 0.1) is 0 Å². The number of carbonyl (C=O) groups is 2. The van der Waals surface area contributed by atoms with Crippen LogP contribution in [-0.4, -0.2) is 30.3 Å². The fraction of sp³-hybridized carbons (Fsp3) is 0.154. The van der Waals surface area contributed by atoms with E-state index in [2.05, 4.69) is 10.3 Å². The van der Waals surface area contributed by atoms with E-state index < -0.39 is 5.91 Å². The Bertz CT molecular complexity index is 742. The first kappa shape index (κ1) is 12.4. The van der Waals surface area contributed by atoms with Gasteiger partial charge in [0.1, 0.15) is 17.0 Å². The molecule has 0 bridgehead atoms. The monoisotopic (exact) mass is 272 g/mol. The predicted molar refractivity (Wildman–Crippen MR) is 72.8 cm³/mol. The van der Waals surface area contributed by atoms with Gasteiger partial charge in [-0.1, -0.05) is 0 Å². The van der Waals surface area contributed by atoms with Crippen LogP contribution in [0.15, 0.2) is 18.2 Å². The minimum atomic E-state index is -0.505. The molecule has 7 nitrogen and oxygen atoms in total. The average Bonchev–Trinajstić information content (AvgIpc) is 2.49. The van der Waals surface area contributed by atoms with Crippen LogP contribution < -0.4 is 21.3 Å². The molecule has 3 rings (SSSR count). The lowest BCUT2D eigenvalue weighted by molar-refractivity contribution is 0.0948. The summed E-state index contributed by atoms with van der Waals surface area (Å²) in [4.78, 5) is 27.8. The number of rotatable bonds is 2. The van der Waals surface area contributed by atoms with Gasteiger partial charge in [-0.2, -0.15) is 0 Å². The van der Waals surface area contributed by atoms with E-state index in [-0.39, 0.29) is 18.0 Å². The molecular weight excluding hydrogens is 260 g/mol. The number of hydrogen-bond donors (Lipinski definition) is 3. The number of amides is 1. The van der Waals surface area contributed by atoms with Crippen LogP contribution in [0.25, 0.3) is 10.9 Å². The minimum absolute atomic E-state index is 0.0250. The highest BCUT2D eigenvalue weighted by molar-refractivity contribution is 6.17. The minimum Gasteiger partial charge on any atom is -0.494 e. The Kier molecular flexibility index (Phi) is 2.76. The summed E-state index contributed by atoms with van der Waals surface area (Å²) in [5.41, 5.74) is 3.90. The van der Waals surface area contributed by atoms with Crippen LogP contribution in [0.2, 0.25) is 0 Å². The molecule has 0 atom stereocenters. The number of hydrazine groups is 1. The van der Waals surface area contributed by atoms with Gasteiger partial charge in [0, 0.05) is 16.6 Å². The Morgan fingerprint density at radius 2 is 2.30 bits per heavy atom. The lowest BCUT2D eigenvalue weighted by Gasteiger charge is -2.19. The van der Waals surface area contributed by atoms with Gasteiger partial charge in [-0.25, -0.2) is 10.8 Å².